The van der Waals surface area contributed by atoms with Gasteiger partial charge in [0.2, 0.25) is 0 Å². The fourth-order valence-corrected chi connectivity index (χ4v) is 3.27. The Hall–Kier alpha value is -0.950. The normalized spacial score (nSPS) is 13.1. The molecule has 0 saturated carbocycles. The maximum absolute atomic E-state index is 2.35. The van der Waals surface area contributed by atoms with Crippen LogP contribution in [0.3, 0.4) is 0 Å². The Morgan fingerprint density at radius 2 is 1.40 bits per heavy atom. The first-order chi connectivity index (χ1) is 7.00. The molecule has 2 rings (SSSR count). The Morgan fingerprint density at radius 1 is 0.800 bits per heavy atom. The van der Waals surface area contributed by atoms with Crippen molar-refractivity contribution in [2.24, 2.45) is 0 Å². The fourth-order valence-electron chi connectivity index (χ4n) is 1.96. The number of aryl methyl sites for hydroxylation is 1. The minimum atomic E-state index is -0.646. The van der Waals surface area contributed by atoms with Gasteiger partial charge in [0.25, 0.3) is 0 Å². The minimum absolute atomic E-state index is 0.646. The Balaban J connectivity index is 2.84. The predicted molar refractivity (Wildman–Crippen MR) is 72.3 cm³/mol. The van der Waals surface area contributed by atoms with Crippen molar-refractivity contribution in [3.05, 3.63) is 42.0 Å². The van der Waals surface area contributed by atoms with Crippen LogP contribution in [0.15, 0.2) is 41.3 Å². The summed E-state index contributed by atoms with van der Waals surface area (Å²) in [6.45, 7) is 2.18. The van der Waals surface area contributed by atoms with Gasteiger partial charge in [-0.1, -0.05) is 30.3 Å². The van der Waals surface area contributed by atoms with E-state index in [9.17, 15) is 0 Å². The summed E-state index contributed by atoms with van der Waals surface area (Å²) in [5.41, 5.74) is 1.37. The highest BCUT2D eigenvalue weighted by Gasteiger charge is 2.12. The smallest absolute Gasteiger partial charge is 0.00273 e. The molecule has 0 atom stereocenters. The average Bonchev–Trinajstić information content (AvgIpc) is 2.17. The van der Waals surface area contributed by atoms with Crippen LogP contribution >= 0.6 is 10.0 Å². The highest BCUT2D eigenvalue weighted by atomic mass is 32.3. The largest absolute Gasteiger partial charge is 0.223 e. The topological polar surface area (TPSA) is 0 Å². The van der Waals surface area contributed by atoms with Gasteiger partial charge in [0.1, 0.15) is 0 Å². The van der Waals surface area contributed by atoms with Crippen molar-refractivity contribution in [3.63, 3.8) is 0 Å². The van der Waals surface area contributed by atoms with E-state index in [4.69, 9.17) is 0 Å². The summed E-state index contributed by atoms with van der Waals surface area (Å²) >= 11 is 0. The summed E-state index contributed by atoms with van der Waals surface area (Å²) in [5.74, 6) is 0. The van der Waals surface area contributed by atoms with E-state index < -0.39 is 10.0 Å². The molecule has 0 aromatic heterocycles. The van der Waals surface area contributed by atoms with Gasteiger partial charge in [0, 0.05) is 0 Å². The molecule has 0 heterocycles. The molecule has 0 amide bonds. The first-order valence-corrected chi connectivity index (χ1v) is 8.02. The van der Waals surface area contributed by atoms with Crippen LogP contribution in [-0.2, 0) is 0 Å². The maximum atomic E-state index is 2.35. The molecule has 80 valence electrons. The number of hydrogen-bond donors (Lipinski definition) is 0. The lowest BCUT2D eigenvalue weighted by Crippen LogP contribution is -1.94. The molecule has 0 spiro atoms. The van der Waals surface area contributed by atoms with Crippen LogP contribution in [0.2, 0.25) is 0 Å². The Kier molecular flexibility index (Phi) is 2.51. The molecule has 15 heavy (non-hydrogen) atoms. The van der Waals surface area contributed by atoms with Crippen molar-refractivity contribution < 1.29 is 0 Å². The summed E-state index contributed by atoms with van der Waals surface area (Å²) in [6, 6.07) is 13.3. The molecule has 0 bridgehead atoms. The molecule has 0 nitrogen and oxygen atoms in total. The number of fused-ring (bicyclic) bond motifs is 1. The van der Waals surface area contributed by atoms with Crippen LogP contribution < -0.4 is 0 Å². The van der Waals surface area contributed by atoms with Crippen LogP contribution in [0.25, 0.3) is 10.8 Å². The van der Waals surface area contributed by atoms with Crippen LogP contribution in [0.5, 0.6) is 0 Å². The van der Waals surface area contributed by atoms with E-state index >= 15 is 0 Å². The van der Waals surface area contributed by atoms with E-state index in [1.165, 1.54) is 21.2 Å². The summed E-state index contributed by atoms with van der Waals surface area (Å²) in [6.07, 6.45) is 7.05. The lowest BCUT2D eigenvalue weighted by atomic mass is 10.1. The number of rotatable bonds is 1. The zero-order chi connectivity index (χ0) is 11.1. The molecule has 0 saturated heterocycles. The summed E-state index contributed by atoms with van der Waals surface area (Å²) in [4.78, 5) is 1.52. The van der Waals surface area contributed by atoms with Gasteiger partial charge >= 0.3 is 0 Å². The minimum Gasteiger partial charge on any atom is -0.223 e. The van der Waals surface area contributed by atoms with E-state index in [2.05, 4.69) is 62.1 Å². The summed E-state index contributed by atoms with van der Waals surface area (Å²) < 4.78 is 0. The molecule has 0 N–H and O–H groups in total. The predicted octanol–water partition coefficient (Wildman–Crippen LogP) is 4.20. The van der Waals surface area contributed by atoms with Crippen molar-refractivity contribution in [3.8, 4) is 0 Å². The van der Waals surface area contributed by atoms with Crippen LogP contribution in [0, 0.1) is 6.92 Å². The quantitative estimate of drug-likeness (QED) is 0.673. The van der Waals surface area contributed by atoms with Crippen molar-refractivity contribution >= 4 is 20.8 Å². The van der Waals surface area contributed by atoms with Gasteiger partial charge in [-0.15, -0.1) is 0 Å². The average molecular weight is 218 g/mol. The molecular formula is C14H18S. The standard InChI is InChI=1S/C14H18S/c1-11-9-10-14(15(2,3)4)13-8-6-5-7-12(11)13/h5-10H,1-4H3. The van der Waals surface area contributed by atoms with E-state index in [0.717, 1.165) is 0 Å². The maximum Gasteiger partial charge on any atom is -0.00273 e. The molecule has 0 aliphatic carbocycles. The molecule has 2 aromatic carbocycles. The van der Waals surface area contributed by atoms with Gasteiger partial charge in [-0.3, -0.25) is 0 Å². The fraction of sp³-hybridized carbons (Fsp3) is 0.286. The molecule has 1 heteroatoms. The molecule has 0 fully saturated rings. The first kappa shape index (κ1) is 10.6. The second kappa shape index (κ2) is 3.57. The molecular weight excluding hydrogens is 200 g/mol. The van der Waals surface area contributed by atoms with Crippen LogP contribution in [0.1, 0.15) is 5.56 Å². The highest BCUT2D eigenvalue weighted by molar-refractivity contribution is 8.32. The summed E-state index contributed by atoms with van der Waals surface area (Å²) in [5, 5.41) is 2.83. The number of benzene rings is 2. The van der Waals surface area contributed by atoms with Crippen molar-refractivity contribution in [1.82, 2.24) is 0 Å². The van der Waals surface area contributed by atoms with Gasteiger partial charge < -0.3 is 0 Å². The Bertz CT molecular complexity index is 492. The number of hydrogen-bond acceptors (Lipinski definition) is 0. The SMILES string of the molecule is Cc1ccc(S(C)(C)C)c2ccccc12. The van der Waals surface area contributed by atoms with Crippen LogP contribution in [-0.4, -0.2) is 18.8 Å². The Labute approximate surface area is 93.6 Å². The zero-order valence-electron chi connectivity index (χ0n) is 9.87. The lowest BCUT2D eigenvalue weighted by Gasteiger charge is -2.27. The first-order valence-electron chi connectivity index (χ1n) is 5.17. The third-order valence-electron chi connectivity index (χ3n) is 2.76. The van der Waals surface area contributed by atoms with Gasteiger partial charge in [-0.2, -0.15) is 0 Å². The molecule has 0 unspecified atom stereocenters. The molecule has 0 aliphatic heterocycles. The van der Waals surface area contributed by atoms with E-state index in [0.29, 0.717) is 0 Å². The van der Waals surface area contributed by atoms with Gasteiger partial charge in [-0.25, -0.2) is 10.0 Å². The second-order valence-electron chi connectivity index (χ2n) is 4.76. The Morgan fingerprint density at radius 3 is 2.00 bits per heavy atom. The lowest BCUT2D eigenvalue weighted by molar-refractivity contribution is 1.44. The van der Waals surface area contributed by atoms with Crippen LogP contribution in [0.4, 0.5) is 0 Å². The van der Waals surface area contributed by atoms with E-state index in [1.54, 1.807) is 0 Å². The third-order valence-corrected chi connectivity index (χ3v) is 4.44. The monoisotopic (exact) mass is 218 g/mol. The van der Waals surface area contributed by atoms with Crippen molar-refractivity contribution in [1.29, 1.82) is 0 Å². The molecule has 0 radical (unpaired) electrons. The van der Waals surface area contributed by atoms with Crippen molar-refractivity contribution in [2.45, 2.75) is 11.8 Å². The third kappa shape index (κ3) is 1.89. The molecule has 2 aromatic rings. The van der Waals surface area contributed by atoms with E-state index in [-0.39, 0.29) is 0 Å². The van der Waals surface area contributed by atoms with Crippen molar-refractivity contribution in [2.75, 3.05) is 18.8 Å². The van der Waals surface area contributed by atoms with E-state index in [1.807, 2.05) is 0 Å². The second-order valence-corrected chi connectivity index (χ2v) is 8.88. The van der Waals surface area contributed by atoms with Gasteiger partial charge in [0.15, 0.2) is 0 Å². The van der Waals surface area contributed by atoms with Gasteiger partial charge in [0.05, 0.1) is 0 Å². The highest BCUT2D eigenvalue weighted by Crippen LogP contribution is 2.48. The summed E-state index contributed by atoms with van der Waals surface area (Å²) in [7, 11) is -0.646. The zero-order valence-corrected chi connectivity index (χ0v) is 10.7. The van der Waals surface area contributed by atoms with Gasteiger partial charge in [-0.05, 0) is 53.0 Å². The molecule has 0 aliphatic rings.